The Balaban J connectivity index is 1.58. The molecule has 198 valence electrons. The van der Waals surface area contributed by atoms with Crippen molar-refractivity contribution in [2.45, 2.75) is 39.2 Å². The number of fused-ring (bicyclic) bond motifs is 4. The molecule has 2 aliphatic rings. The molecule has 39 heavy (non-hydrogen) atoms. The molecular formula is C29H25FN4O5. The second-order valence-corrected chi connectivity index (χ2v) is 9.81. The van der Waals surface area contributed by atoms with Crippen LogP contribution in [0, 0.1) is 12.7 Å². The van der Waals surface area contributed by atoms with Gasteiger partial charge in [0, 0.05) is 54.9 Å². The van der Waals surface area contributed by atoms with E-state index in [-0.39, 0.29) is 18.8 Å². The van der Waals surface area contributed by atoms with Crippen LogP contribution >= 0.6 is 0 Å². The van der Waals surface area contributed by atoms with Gasteiger partial charge in [-0.25, -0.2) is 18.7 Å². The van der Waals surface area contributed by atoms with Crippen molar-refractivity contribution in [1.29, 1.82) is 0 Å². The molecule has 0 radical (unpaired) electrons. The number of nitrogens with zero attached hydrogens (tertiary/aromatic N) is 3. The van der Waals surface area contributed by atoms with Gasteiger partial charge < -0.3 is 19.5 Å². The van der Waals surface area contributed by atoms with E-state index in [9.17, 15) is 14.0 Å². The normalized spacial score (nSPS) is 19.3. The van der Waals surface area contributed by atoms with E-state index in [2.05, 4.69) is 15.4 Å². The van der Waals surface area contributed by atoms with Crippen molar-refractivity contribution in [3.63, 3.8) is 0 Å². The average molecular weight is 529 g/mol. The number of aryl methyl sites for hydroxylation is 1. The molecule has 1 saturated heterocycles. The van der Waals surface area contributed by atoms with Crippen molar-refractivity contribution < 1.29 is 28.2 Å². The first-order chi connectivity index (χ1) is 18.7. The Morgan fingerprint density at radius 1 is 1.13 bits per heavy atom. The standard InChI is InChI=1S/C29H25FN4O5/c1-16-24(26-28(36)39-29(2,3)38-26)25-20-9-5-4-7-17(20)8-6-12-37-22-13-19(30)11-10-18(22)15-31-27(35)21-14-23(32-16)34(25)33-21/h4-11,13-14,26H,12,15H2,1-3H3,(H,31,35)/b8-6-/t26-/m0/s1. The summed E-state index contributed by atoms with van der Waals surface area (Å²) in [6.07, 6.45) is 2.65. The van der Waals surface area contributed by atoms with Gasteiger partial charge in [-0.3, -0.25) is 4.79 Å². The summed E-state index contributed by atoms with van der Waals surface area (Å²) >= 11 is 0. The molecule has 0 saturated carbocycles. The maximum Gasteiger partial charge on any atom is 0.342 e. The fourth-order valence-electron chi connectivity index (χ4n) is 4.89. The lowest BCUT2D eigenvalue weighted by molar-refractivity contribution is -0.160. The van der Waals surface area contributed by atoms with E-state index < -0.39 is 29.6 Å². The number of nitrogens with one attached hydrogen (secondary N) is 1. The Morgan fingerprint density at radius 3 is 2.74 bits per heavy atom. The van der Waals surface area contributed by atoms with Crippen LogP contribution in [-0.2, 0) is 20.8 Å². The second kappa shape index (κ2) is 9.32. The van der Waals surface area contributed by atoms with E-state index >= 15 is 0 Å². The lowest BCUT2D eigenvalue weighted by Gasteiger charge is -2.20. The molecule has 1 N–H and O–H groups in total. The third kappa shape index (κ3) is 4.52. The number of hydrogen-bond donors (Lipinski definition) is 1. The minimum atomic E-state index is -1.12. The molecule has 4 heterocycles. The SMILES string of the molecule is Cc1nc2cc3nn2c(c1[C@@H]1OC(C)(C)OC1=O)-c1ccccc1/C=C\COc1cc(F)ccc1CNC3=O. The number of ether oxygens (including phenoxy) is 3. The van der Waals surface area contributed by atoms with Gasteiger partial charge in [0.1, 0.15) is 18.2 Å². The van der Waals surface area contributed by atoms with Crippen LogP contribution in [0.25, 0.3) is 23.0 Å². The highest BCUT2D eigenvalue weighted by Gasteiger charge is 2.44. The van der Waals surface area contributed by atoms with E-state index in [0.29, 0.717) is 33.9 Å². The maximum absolute atomic E-state index is 13.9. The number of esters is 1. The molecule has 1 atom stereocenters. The summed E-state index contributed by atoms with van der Waals surface area (Å²) in [4.78, 5) is 30.8. The van der Waals surface area contributed by atoms with Crippen molar-refractivity contribution in [1.82, 2.24) is 19.9 Å². The van der Waals surface area contributed by atoms with Crippen molar-refractivity contribution in [3.05, 3.63) is 88.5 Å². The fourth-order valence-corrected chi connectivity index (χ4v) is 4.89. The van der Waals surface area contributed by atoms with Crippen LogP contribution in [0.4, 0.5) is 4.39 Å². The first-order valence-electron chi connectivity index (χ1n) is 12.5. The third-order valence-electron chi connectivity index (χ3n) is 6.60. The Labute approximate surface area is 223 Å². The van der Waals surface area contributed by atoms with Gasteiger partial charge in [0.15, 0.2) is 17.4 Å². The number of aromatic nitrogens is 3. The van der Waals surface area contributed by atoms with Gasteiger partial charge in [-0.05, 0) is 24.6 Å². The van der Waals surface area contributed by atoms with Gasteiger partial charge in [-0.1, -0.05) is 36.4 Å². The molecule has 0 aliphatic carbocycles. The number of carbonyl (C=O) groups excluding carboxylic acids is 2. The van der Waals surface area contributed by atoms with E-state index in [0.717, 1.165) is 11.1 Å². The van der Waals surface area contributed by atoms with Crippen LogP contribution in [0.15, 0.2) is 54.6 Å². The summed E-state index contributed by atoms with van der Waals surface area (Å²) in [5.74, 6) is -2.20. The summed E-state index contributed by atoms with van der Waals surface area (Å²) in [5.41, 5.74) is 4.31. The first-order valence-corrected chi connectivity index (χ1v) is 12.5. The summed E-state index contributed by atoms with van der Waals surface area (Å²) in [7, 11) is 0. The highest BCUT2D eigenvalue weighted by Crippen LogP contribution is 2.41. The lowest BCUT2D eigenvalue weighted by Crippen LogP contribution is -2.23. The number of benzene rings is 2. The van der Waals surface area contributed by atoms with Crippen molar-refractivity contribution in [2.75, 3.05) is 6.61 Å². The highest BCUT2D eigenvalue weighted by atomic mass is 19.1. The molecular weight excluding hydrogens is 503 g/mol. The van der Waals surface area contributed by atoms with Crippen LogP contribution in [0.1, 0.15) is 52.8 Å². The van der Waals surface area contributed by atoms with Crippen LogP contribution in [-0.4, -0.2) is 38.9 Å². The quantitative estimate of drug-likeness (QED) is 0.362. The molecule has 2 aromatic heterocycles. The predicted octanol–water partition coefficient (Wildman–Crippen LogP) is 4.53. The summed E-state index contributed by atoms with van der Waals surface area (Å²) in [5, 5.41) is 7.43. The second-order valence-electron chi connectivity index (χ2n) is 9.81. The number of amides is 1. The summed E-state index contributed by atoms with van der Waals surface area (Å²) in [6.45, 7) is 5.39. The van der Waals surface area contributed by atoms with E-state index in [4.69, 9.17) is 14.2 Å². The molecule has 1 amide bonds. The number of hydrogen-bond acceptors (Lipinski definition) is 7. The van der Waals surface area contributed by atoms with Gasteiger partial charge in [0.2, 0.25) is 5.79 Å². The Bertz CT molecular complexity index is 1680. The minimum absolute atomic E-state index is 0.105. The van der Waals surface area contributed by atoms with Crippen LogP contribution in [0.2, 0.25) is 0 Å². The Hall–Kier alpha value is -4.57. The van der Waals surface area contributed by atoms with Gasteiger partial charge in [0.25, 0.3) is 5.91 Å². The smallest absolute Gasteiger partial charge is 0.342 e. The number of halogens is 1. The maximum atomic E-state index is 13.9. The zero-order valence-corrected chi connectivity index (χ0v) is 21.5. The monoisotopic (exact) mass is 528 g/mol. The van der Waals surface area contributed by atoms with Crippen molar-refractivity contribution in [3.8, 4) is 17.0 Å². The molecule has 4 aromatic rings. The zero-order chi connectivity index (χ0) is 27.3. The Kier molecular flexibility index (Phi) is 5.91. The molecule has 0 unspecified atom stereocenters. The van der Waals surface area contributed by atoms with E-state index in [1.54, 1.807) is 37.4 Å². The Morgan fingerprint density at radius 2 is 1.95 bits per heavy atom. The van der Waals surface area contributed by atoms with Gasteiger partial charge in [-0.15, -0.1) is 0 Å². The number of carbonyl (C=O) groups is 2. The van der Waals surface area contributed by atoms with Gasteiger partial charge >= 0.3 is 5.97 Å². The lowest BCUT2D eigenvalue weighted by atomic mass is 9.96. The van der Waals surface area contributed by atoms with Crippen molar-refractivity contribution in [2.24, 2.45) is 0 Å². The molecule has 10 heteroatoms. The molecule has 2 aromatic carbocycles. The van der Waals surface area contributed by atoms with Crippen LogP contribution in [0.3, 0.4) is 0 Å². The predicted molar refractivity (Wildman–Crippen MR) is 139 cm³/mol. The molecule has 2 bridgehead atoms. The molecule has 2 aliphatic heterocycles. The largest absolute Gasteiger partial charge is 0.489 e. The first kappa shape index (κ1) is 24.7. The van der Waals surface area contributed by atoms with Gasteiger partial charge in [0.05, 0.1) is 5.69 Å². The molecule has 0 spiro atoms. The topological polar surface area (TPSA) is 104 Å². The van der Waals surface area contributed by atoms with E-state index in [1.807, 2.05) is 36.4 Å². The van der Waals surface area contributed by atoms with E-state index in [1.165, 1.54) is 12.1 Å². The summed E-state index contributed by atoms with van der Waals surface area (Å²) in [6, 6.07) is 13.3. The molecule has 6 rings (SSSR count). The average Bonchev–Trinajstić information content (AvgIpc) is 3.43. The van der Waals surface area contributed by atoms with Crippen LogP contribution in [0.5, 0.6) is 5.75 Å². The van der Waals surface area contributed by atoms with Gasteiger partial charge in [-0.2, -0.15) is 5.10 Å². The number of cyclic esters (lactones) is 1. The highest BCUT2D eigenvalue weighted by molar-refractivity contribution is 5.94. The zero-order valence-electron chi connectivity index (χ0n) is 21.5. The summed E-state index contributed by atoms with van der Waals surface area (Å²) < 4.78 is 32.8. The van der Waals surface area contributed by atoms with Crippen molar-refractivity contribution >= 4 is 23.6 Å². The fraction of sp³-hybridized carbons (Fsp3) is 0.241. The van der Waals surface area contributed by atoms with Crippen LogP contribution < -0.4 is 10.1 Å². The minimum Gasteiger partial charge on any atom is -0.489 e. The molecule has 1 fully saturated rings. The number of rotatable bonds is 1. The molecule has 9 nitrogen and oxygen atoms in total. The third-order valence-corrected chi connectivity index (χ3v) is 6.60.